The fraction of sp³-hybridized carbons (Fsp3) is 0.222. The zero-order valence-electron chi connectivity index (χ0n) is 16.3. The van der Waals surface area contributed by atoms with Gasteiger partial charge in [-0.25, -0.2) is 15.0 Å². The molecule has 0 atom stereocenters. The van der Waals surface area contributed by atoms with E-state index in [1.54, 1.807) is 14.0 Å². The van der Waals surface area contributed by atoms with Crippen LogP contribution in [0.2, 0.25) is 0 Å². The Balaban J connectivity index is 1.55. The van der Waals surface area contributed by atoms with Crippen molar-refractivity contribution in [2.24, 2.45) is 7.05 Å². The first-order valence-electron chi connectivity index (χ1n) is 8.83. The largest absolute Gasteiger partial charge is 0.471 e. The van der Waals surface area contributed by atoms with E-state index in [0.29, 0.717) is 28.7 Å². The molecule has 0 saturated carbocycles. The molecule has 0 amide bonds. The number of pyridine rings is 1. The molecule has 0 aliphatic rings. The number of hydrogen-bond donors (Lipinski definition) is 1. The van der Waals surface area contributed by atoms with E-state index in [0.717, 1.165) is 12.1 Å². The van der Waals surface area contributed by atoms with Gasteiger partial charge in [0.1, 0.15) is 6.61 Å². The van der Waals surface area contributed by atoms with E-state index in [2.05, 4.69) is 30.2 Å². The van der Waals surface area contributed by atoms with Crippen LogP contribution in [0.5, 0.6) is 5.88 Å². The van der Waals surface area contributed by atoms with Crippen LogP contribution in [0.25, 0.3) is 22.8 Å². The summed E-state index contributed by atoms with van der Waals surface area (Å²) in [5.74, 6) is 0.612. The predicted molar refractivity (Wildman–Crippen MR) is 100 cm³/mol. The summed E-state index contributed by atoms with van der Waals surface area (Å²) < 4.78 is 50.4. The molecular weight excluding hydrogens is 417 g/mol. The highest BCUT2D eigenvalue weighted by Gasteiger charge is 2.30. The van der Waals surface area contributed by atoms with Crippen LogP contribution in [-0.4, -0.2) is 34.9 Å². The van der Waals surface area contributed by atoms with Crippen molar-refractivity contribution in [2.75, 3.05) is 5.73 Å². The van der Waals surface area contributed by atoms with Crippen LogP contribution >= 0.6 is 0 Å². The molecule has 0 unspecified atom stereocenters. The second-order valence-electron chi connectivity index (χ2n) is 6.45. The Kier molecular flexibility index (Phi) is 5.01. The molecule has 0 fully saturated rings. The van der Waals surface area contributed by atoms with Crippen molar-refractivity contribution in [1.29, 1.82) is 0 Å². The van der Waals surface area contributed by atoms with E-state index >= 15 is 0 Å². The van der Waals surface area contributed by atoms with Crippen molar-refractivity contribution in [3.8, 4) is 28.7 Å². The van der Waals surface area contributed by atoms with Crippen LogP contribution in [0.3, 0.4) is 0 Å². The zero-order valence-corrected chi connectivity index (χ0v) is 16.3. The van der Waals surface area contributed by atoms with Gasteiger partial charge in [0.05, 0.1) is 34.3 Å². The summed E-state index contributed by atoms with van der Waals surface area (Å²) in [6.07, 6.45) is -0.747. The van der Waals surface area contributed by atoms with Crippen molar-refractivity contribution in [2.45, 2.75) is 19.7 Å². The van der Waals surface area contributed by atoms with Crippen molar-refractivity contribution in [1.82, 2.24) is 34.9 Å². The monoisotopic (exact) mass is 432 g/mol. The molecule has 0 aliphatic carbocycles. The number of aryl methyl sites for hydroxylation is 2. The molecule has 160 valence electrons. The maximum Gasteiger partial charge on any atom is 0.417 e. The minimum absolute atomic E-state index is 0.0287. The van der Waals surface area contributed by atoms with Gasteiger partial charge in [-0.05, 0) is 13.0 Å². The smallest absolute Gasteiger partial charge is 0.417 e. The van der Waals surface area contributed by atoms with Crippen LogP contribution in [0.4, 0.5) is 19.1 Å². The molecule has 4 rings (SSSR count). The Hall–Kier alpha value is -4.03. The lowest BCUT2D eigenvalue weighted by molar-refractivity contribution is -0.137. The Morgan fingerprint density at radius 1 is 1.10 bits per heavy atom. The van der Waals surface area contributed by atoms with Gasteiger partial charge in [0.15, 0.2) is 0 Å². The third kappa shape index (κ3) is 4.15. The first-order chi connectivity index (χ1) is 14.7. The summed E-state index contributed by atoms with van der Waals surface area (Å²) in [5, 5.41) is 8.11. The molecular formula is C18H15F3N8O2. The molecule has 31 heavy (non-hydrogen) atoms. The summed E-state index contributed by atoms with van der Waals surface area (Å²) in [6, 6.07) is 2.04. The summed E-state index contributed by atoms with van der Waals surface area (Å²) in [5.41, 5.74) is 6.90. The number of aromatic nitrogens is 7. The Bertz CT molecular complexity index is 1220. The normalized spacial score (nSPS) is 11.6. The fourth-order valence-corrected chi connectivity index (χ4v) is 2.74. The maximum atomic E-state index is 12.7. The number of hydrogen-bond acceptors (Lipinski definition) is 9. The molecule has 4 aromatic rings. The van der Waals surface area contributed by atoms with Gasteiger partial charge in [-0.2, -0.15) is 23.3 Å². The summed E-state index contributed by atoms with van der Waals surface area (Å²) in [7, 11) is 1.68. The SMILES string of the molecule is Cc1nc(N)ncc1-c1noc(-c2cnn(C)c2COc2ccc(C(F)(F)F)cn2)n1. The number of halogens is 3. The third-order valence-corrected chi connectivity index (χ3v) is 4.38. The molecule has 0 spiro atoms. The van der Waals surface area contributed by atoms with E-state index in [9.17, 15) is 13.2 Å². The molecule has 4 aromatic heterocycles. The van der Waals surface area contributed by atoms with Gasteiger partial charge in [0.2, 0.25) is 17.7 Å². The standard InChI is InChI=1S/C18H15F3N8O2/c1-9-11(6-24-17(22)26-9)15-27-16(31-28-15)12-7-25-29(2)13(12)8-30-14-4-3-10(5-23-14)18(19,20)21/h3-7H,8H2,1-2H3,(H2,22,24,26). The van der Waals surface area contributed by atoms with E-state index in [1.165, 1.54) is 17.1 Å². The van der Waals surface area contributed by atoms with Crippen LogP contribution < -0.4 is 10.5 Å². The molecule has 0 aliphatic heterocycles. The molecule has 2 N–H and O–H groups in total. The summed E-state index contributed by atoms with van der Waals surface area (Å²) >= 11 is 0. The predicted octanol–water partition coefficient (Wildman–Crippen LogP) is 2.81. The second-order valence-corrected chi connectivity index (χ2v) is 6.45. The molecule has 13 heteroatoms. The quantitative estimate of drug-likeness (QED) is 0.506. The zero-order chi connectivity index (χ0) is 22.2. The van der Waals surface area contributed by atoms with E-state index in [1.807, 2.05) is 0 Å². The van der Waals surface area contributed by atoms with Gasteiger partial charge in [0.25, 0.3) is 5.89 Å². The average molecular weight is 432 g/mol. The van der Waals surface area contributed by atoms with Gasteiger partial charge in [-0.15, -0.1) is 0 Å². The topological polar surface area (TPSA) is 131 Å². The lowest BCUT2D eigenvalue weighted by Gasteiger charge is -2.09. The highest BCUT2D eigenvalue weighted by atomic mass is 19.4. The Morgan fingerprint density at radius 3 is 2.58 bits per heavy atom. The van der Waals surface area contributed by atoms with E-state index < -0.39 is 11.7 Å². The first kappa shape index (κ1) is 20.3. The van der Waals surface area contributed by atoms with Crippen LogP contribution in [0, 0.1) is 6.92 Å². The van der Waals surface area contributed by atoms with Gasteiger partial charge in [-0.3, -0.25) is 4.68 Å². The Morgan fingerprint density at radius 2 is 1.90 bits per heavy atom. The highest BCUT2D eigenvalue weighted by molar-refractivity contribution is 5.62. The number of nitrogens with two attached hydrogens (primary N) is 1. The maximum absolute atomic E-state index is 12.7. The number of alkyl halides is 3. The van der Waals surface area contributed by atoms with Crippen molar-refractivity contribution < 1.29 is 22.4 Å². The molecule has 0 aromatic carbocycles. The minimum Gasteiger partial charge on any atom is -0.471 e. The summed E-state index contributed by atoms with van der Waals surface area (Å²) in [4.78, 5) is 16.1. The molecule has 0 bridgehead atoms. The summed E-state index contributed by atoms with van der Waals surface area (Å²) in [6.45, 7) is 1.70. The van der Waals surface area contributed by atoms with Gasteiger partial charge < -0.3 is 15.0 Å². The lowest BCUT2D eigenvalue weighted by Crippen LogP contribution is -2.07. The average Bonchev–Trinajstić information content (AvgIpc) is 3.33. The minimum atomic E-state index is -4.47. The molecule has 0 radical (unpaired) electrons. The number of rotatable bonds is 5. The number of nitrogens with zero attached hydrogens (tertiary/aromatic N) is 7. The fourth-order valence-electron chi connectivity index (χ4n) is 2.74. The van der Waals surface area contributed by atoms with Crippen LogP contribution in [0.15, 0.2) is 35.2 Å². The molecule has 10 nitrogen and oxygen atoms in total. The number of anilines is 1. The lowest BCUT2D eigenvalue weighted by atomic mass is 10.2. The highest BCUT2D eigenvalue weighted by Crippen LogP contribution is 2.30. The van der Waals surface area contributed by atoms with E-state index in [4.69, 9.17) is 15.0 Å². The van der Waals surface area contributed by atoms with Gasteiger partial charge in [-0.1, -0.05) is 5.16 Å². The van der Waals surface area contributed by atoms with Crippen molar-refractivity contribution in [3.05, 3.63) is 47.7 Å². The van der Waals surface area contributed by atoms with Crippen molar-refractivity contribution >= 4 is 5.95 Å². The first-order valence-corrected chi connectivity index (χ1v) is 8.83. The van der Waals surface area contributed by atoms with Crippen molar-refractivity contribution in [3.63, 3.8) is 0 Å². The molecule has 4 heterocycles. The Labute approximate surface area is 172 Å². The van der Waals surface area contributed by atoms with Crippen LogP contribution in [0.1, 0.15) is 17.0 Å². The second kappa shape index (κ2) is 7.66. The van der Waals surface area contributed by atoms with Gasteiger partial charge in [0, 0.05) is 25.5 Å². The number of ether oxygens (including phenoxy) is 1. The van der Waals surface area contributed by atoms with Crippen LogP contribution in [-0.2, 0) is 19.8 Å². The third-order valence-electron chi connectivity index (χ3n) is 4.38. The van der Waals surface area contributed by atoms with Gasteiger partial charge >= 0.3 is 6.18 Å². The number of nitrogen functional groups attached to an aromatic ring is 1. The molecule has 0 saturated heterocycles. The van der Waals surface area contributed by atoms with E-state index in [-0.39, 0.29) is 30.2 Å².